The van der Waals surface area contributed by atoms with Crippen LogP contribution in [0.15, 0.2) is 42.5 Å². The van der Waals surface area contributed by atoms with Crippen LogP contribution in [0.1, 0.15) is 22.1 Å². The first-order chi connectivity index (χ1) is 13.3. The van der Waals surface area contributed by atoms with E-state index in [1.807, 2.05) is 35.7 Å². The van der Waals surface area contributed by atoms with E-state index in [2.05, 4.69) is 5.32 Å². The van der Waals surface area contributed by atoms with Crippen molar-refractivity contribution in [1.82, 2.24) is 0 Å². The summed E-state index contributed by atoms with van der Waals surface area (Å²) in [6, 6.07) is 9.70. The molecule has 0 aliphatic carbocycles. The van der Waals surface area contributed by atoms with E-state index in [1.165, 1.54) is 12.0 Å². The molecule has 2 aromatic rings. The number of ether oxygens (including phenoxy) is 1. The minimum atomic E-state index is -4.84. The molecule has 0 aromatic heterocycles. The molecule has 0 saturated carbocycles. The zero-order valence-electron chi connectivity index (χ0n) is 14.6. The molecular weight excluding hydrogens is 414 g/mol. The summed E-state index contributed by atoms with van der Waals surface area (Å²) in [5.74, 6) is 0.726. The molecule has 28 heavy (non-hydrogen) atoms. The van der Waals surface area contributed by atoms with E-state index >= 15 is 0 Å². The summed E-state index contributed by atoms with van der Waals surface area (Å²) in [4.78, 5) is 11.9. The number of benzene rings is 2. The second kappa shape index (κ2) is 9.09. The maximum absolute atomic E-state index is 13.3. The first-order valence-electron chi connectivity index (χ1n) is 8.45. The highest BCUT2D eigenvalue weighted by Gasteiger charge is 2.34. The molecule has 150 valence electrons. The molecule has 1 aliphatic rings. The zero-order valence-corrected chi connectivity index (χ0v) is 16.2. The number of hydrogen-bond donors (Lipinski definition) is 1. The van der Waals surface area contributed by atoms with Gasteiger partial charge >= 0.3 is 6.18 Å². The maximum Gasteiger partial charge on any atom is 0.419 e. The summed E-state index contributed by atoms with van der Waals surface area (Å²) >= 11 is 3.79. The monoisotopic (exact) mass is 431 g/mol. The largest absolute Gasteiger partial charge is 0.484 e. The lowest BCUT2D eigenvalue weighted by Gasteiger charge is -2.21. The van der Waals surface area contributed by atoms with Crippen LogP contribution in [0.25, 0.3) is 0 Å². The van der Waals surface area contributed by atoms with Gasteiger partial charge in [-0.15, -0.1) is 23.5 Å². The van der Waals surface area contributed by atoms with Crippen LogP contribution in [0.2, 0.25) is 0 Å². The van der Waals surface area contributed by atoms with Crippen molar-refractivity contribution in [3.8, 4) is 5.75 Å². The molecule has 1 amide bonds. The van der Waals surface area contributed by atoms with Crippen LogP contribution in [0.3, 0.4) is 0 Å². The predicted octanol–water partition coefficient (Wildman–Crippen LogP) is 5.73. The van der Waals surface area contributed by atoms with Gasteiger partial charge in [0.05, 0.1) is 10.1 Å². The summed E-state index contributed by atoms with van der Waals surface area (Å²) in [7, 11) is 0. The van der Waals surface area contributed by atoms with Crippen LogP contribution >= 0.6 is 23.5 Å². The van der Waals surface area contributed by atoms with E-state index < -0.39 is 23.5 Å². The second-order valence-corrected chi connectivity index (χ2v) is 8.75. The van der Waals surface area contributed by atoms with Crippen LogP contribution in [-0.2, 0) is 11.0 Å². The lowest BCUT2D eigenvalue weighted by atomic mass is 10.2. The third-order valence-corrected chi connectivity index (χ3v) is 6.92. The number of thioether (sulfide) groups is 2. The number of anilines is 1. The molecular formula is C19H17F4NO2S2. The molecule has 0 unspecified atom stereocenters. The molecule has 3 rings (SSSR count). The molecule has 2 aromatic carbocycles. The molecule has 1 fully saturated rings. The van der Waals surface area contributed by atoms with Gasteiger partial charge in [-0.3, -0.25) is 4.79 Å². The quantitative estimate of drug-likeness (QED) is 0.614. The molecule has 3 nitrogen and oxygen atoms in total. The van der Waals surface area contributed by atoms with Gasteiger partial charge in [-0.25, -0.2) is 4.39 Å². The molecule has 0 spiro atoms. The van der Waals surface area contributed by atoms with Crippen molar-refractivity contribution in [3.63, 3.8) is 0 Å². The summed E-state index contributed by atoms with van der Waals surface area (Å²) in [5.41, 5.74) is -0.401. The van der Waals surface area contributed by atoms with E-state index in [0.29, 0.717) is 22.5 Å². The minimum Gasteiger partial charge on any atom is -0.484 e. The Hall–Kier alpha value is -1.87. The Morgan fingerprint density at radius 1 is 1.11 bits per heavy atom. The number of rotatable bonds is 5. The average molecular weight is 431 g/mol. The summed E-state index contributed by atoms with van der Waals surface area (Å²) in [6.45, 7) is -0.370. The van der Waals surface area contributed by atoms with Gasteiger partial charge < -0.3 is 10.1 Å². The zero-order chi connectivity index (χ0) is 20.1. The van der Waals surface area contributed by atoms with Crippen molar-refractivity contribution in [2.75, 3.05) is 23.4 Å². The van der Waals surface area contributed by atoms with Crippen LogP contribution in [-0.4, -0.2) is 24.0 Å². The predicted molar refractivity (Wildman–Crippen MR) is 104 cm³/mol. The van der Waals surface area contributed by atoms with Gasteiger partial charge in [0.25, 0.3) is 5.91 Å². The van der Waals surface area contributed by atoms with Crippen molar-refractivity contribution in [2.24, 2.45) is 0 Å². The van der Waals surface area contributed by atoms with Gasteiger partial charge in [-0.2, -0.15) is 13.2 Å². The molecule has 1 heterocycles. The van der Waals surface area contributed by atoms with Crippen LogP contribution < -0.4 is 10.1 Å². The molecule has 1 aliphatic heterocycles. The number of nitrogens with one attached hydrogen (secondary N) is 1. The number of amides is 1. The Bertz CT molecular complexity index is 822. The smallest absolute Gasteiger partial charge is 0.419 e. The number of hydrogen-bond acceptors (Lipinski definition) is 4. The van der Waals surface area contributed by atoms with Gasteiger partial charge in [0.2, 0.25) is 0 Å². The number of carbonyl (C=O) groups is 1. The third kappa shape index (κ3) is 5.57. The van der Waals surface area contributed by atoms with Gasteiger partial charge in [0.1, 0.15) is 11.6 Å². The van der Waals surface area contributed by atoms with Crippen LogP contribution in [0.5, 0.6) is 5.75 Å². The lowest BCUT2D eigenvalue weighted by Crippen LogP contribution is -2.20. The van der Waals surface area contributed by atoms with Crippen LogP contribution in [0.4, 0.5) is 23.2 Å². The standard InChI is InChI=1S/C19H17F4NO2S2/c20-16-7-4-13(10-15(16)19(21,22)23)24-17(25)11-26-14-5-2-12(3-6-14)18-27-8-1-9-28-18/h2-7,10,18H,1,8-9,11H2,(H,24,25). The maximum atomic E-state index is 13.3. The first-order valence-corrected chi connectivity index (χ1v) is 10.6. The Morgan fingerprint density at radius 3 is 2.43 bits per heavy atom. The van der Waals surface area contributed by atoms with Crippen molar-refractivity contribution in [3.05, 3.63) is 59.4 Å². The SMILES string of the molecule is O=C(COc1ccc(C2SCCCS2)cc1)Nc1ccc(F)c(C(F)(F)F)c1. The van der Waals surface area contributed by atoms with Crippen molar-refractivity contribution in [2.45, 2.75) is 17.2 Å². The molecule has 0 bridgehead atoms. The molecule has 1 saturated heterocycles. The highest BCUT2D eigenvalue weighted by molar-refractivity contribution is 8.16. The first kappa shape index (κ1) is 20.9. The summed E-state index contributed by atoms with van der Waals surface area (Å²) in [6.07, 6.45) is -3.63. The van der Waals surface area contributed by atoms with Crippen molar-refractivity contribution in [1.29, 1.82) is 0 Å². The normalized spacial score (nSPS) is 15.3. The lowest BCUT2D eigenvalue weighted by molar-refractivity contribution is -0.140. The second-order valence-electron chi connectivity index (χ2n) is 6.03. The fraction of sp³-hybridized carbons (Fsp3) is 0.316. The van der Waals surface area contributed by atoms with Gasteiger partial charge in [0, 0.05) is 5.69 Å². The molecule has 0 atom stereocenters. The molecule has 9 heteroatoms. The number of alkyl halides is 3. The molecule has 0 radical (unpaired) electrons. The minimum absolute atomic E-state index is 0.149. The van der Waals surface area contributed by atoms with Crippen molar-refractivity contribution >= 4 is 35.1 Å². The van der Waals surface area contributed by atoms with Gasteiger partial charge in [-0.1, -0.05) is 12.1 Å². The van der Waals surface area contributed by atoms with Crippen molar-refractivity contribution < 1.29 is 27.1 Å². The Labute approximate surface area is 168 Å². The highest BCUT2D eigenvalue weighted by Crippen LogP contribution is 2.43. The topological polar surface area (TPSA) is 38.3 Å². The van der Waals surface area contributed by atoms with Gasteiger partial charge in [0.15, 0.2) is 6.61 Å². The Kier molecular flexibility index (Phi) is 6.77. The highest BCUT2D eigenvalue weighted by atomic mass is 32.2. The Morgan fingerprint density at radius 2 is 1.79 bits per heavy atom. The number of halogens is 4. The van der Waals surface area contributed by atoms with E-state index in [9.17, 15) is 22.4 Å². The van der Waals surface area contributed by atoms with E-state index in [0.717, 1.165) is 17.6 Å². The van der Waals surface area contributed by atoms with E-state index in [-0.39, 0.29) is 12.3 Å². The summed E-state index contributed by atoms with van der Waals surface area (Å²) < 4.78 is 57.2. The fourth-order valence-electron chi connectivity index (χ4n) is 2.57. The molecule has 1 N–H and O–H groups in total. The summed E-state index contributed by atoms with van der Waals surface area (Å²) in [5, 5.41) is 2.28. The fourth-order valence-corrected chi connectivity index (χ4v) is 5.46. The number of carbonyl (C=O) groups excluding carboxylic acids is 1. The Balaban J connectivity index is 1.54. The third-order valence-electron chi connectivity index (χ3n) is 3.90. The average Bonchev–Trinajstić information content (AvgIpc) is 2.68. The van der Waals surface area contributed by atoms with Crippen LogP contribution in [0, 0.1) is 5.82 Å². The van der Waals surface area contributed by atoms with Gasteiger partial charge in [-0.05, 0) is 53.8 Å². The van der Waals surface area contributed by atoms with E-state index in [4.69, 9.17) is 4.74 Å². The van der Waals surface area contributed by atoms with E-state index in [1.54, 1.807) is 12.1 Å².